The molecule has 0 aromatic rings. The van der Waals surface area contributed by atoms with Crippen LogP contribution in [0.1, 0.15) is 51.9 Å². The van der Waals surface area contributed by atoms with Crippen molar-refractivity contribution in [2.45, 2.75) is 58.2 Å². The van der Waals surface area contributed by atoms with Gasteiger partial charge < -0.3 is 9.47 Å². The van der Waals surface area contributed by atoms with Crippen molar-refractivity contribution < 1.29 is 9.47 Å². The van der Waals surface area contributed by atoms with Crippen molar-refractivity contribution in [1.82, 2.24) is 0 Å². The number of hydrogen-bond acceptors (Lipinski definition) is 2. The molecule has 0 radical (unpaired) electrons. The molecule has 86 valence electrons. The molecule has 1 atom stereocenters. The van der Waals surface area contributed by atoms with Gasteiger partial charge in [0.15, 0.2) is 6.29 Å². The minimum atomic E-state index is 0.00342. The molecule has 0 saturated carbocycles. The monoisotopic (exact) mass is 210 g/mol. The molecule has 1 aliphatic heterocycles. The average Bonchev–Trinajstić information content (AvgIpc) is 2.29. The Labute approximate surface area is 93.3 Å². The summed E-state index contributed by atoms with van der Waals surface area (Å²) in [6.45, 7) is 3.57. The van der Waals surface area contributed by atoms with Gasteiger partial charge in [-0.3, -0.25) is 0 Å². The Morgan fingerprint density at radius 1 is 1.27 bits per heavy atom. The van der Waals surface area contributed by atoms with Crippen LogP contribution in [0.5, 0.6) is 0 Å². The smallest absolute Gasteiger partial charge is 0.158 e. The van der Waals surface area contributed by atoms with Crippen LogP contribution in [-0.4, -0.2) is 19.5 Å². The molecule has 1 heterocycles. The van der Waals surface area contributed by atoms with Gasteiger partial charge in [-0.15, -0.1) is 5.92 Å². The van der Waals surface area contributed by atoms with E-state index < -0.39 is 0 Å². The van der Waals surface area contributed by atoms with Crippen molar-refractivity contribution in [3.05, 3.63) is 0 Å². The van der Waals surface area contributed by atoms with Crippen LogP contribution in [0.25, 0.3) is 0 Å². The van der Waals surface area contributed by atoms with Gasteiger partial charge in [-0.2, -0.15) is 0 Å². The Morgan fingerprint density at radius 3 is 2.93 bits per heavy atom. The fourth-order valence-corrected chi connectivity index (χ4v) is 1.58. The summed E-state index contributed by atoms with van der Waals surface area (Å²) >= 11 is 0. The van der Waals surface area contributed by atoms with E-state index in [0.717, 1.165) is 19.4 Å². The first-order chi connectivity index (χ1) is 7.43. The fourth-order valence-electron chi connectivity index (χ4n) is 1.58. The second-order valence-electron chi connectivity index (χ2n) is 3.92. The summed E-state index contributed by atoms with van der Waals surface area (Å²) < 4.78 is 10.9. The first-order valence-electron chi connectivity index (χ1n) is 6.12. The number of rotatable bonds is 5. The SMILES string of the molecule is CCCCCC#CCOC1CCCCO1. The molecule has 1 aliphatic rings. The van der Waals surface area contributed by atoms with Gasteiger partial charge in [0, 0.05) is 13.0 Å². The van der Waals surface area contributed by atoms with Gasteiger partial charge in [0.2, 0.25) is 0 Å². The second-order valence-corrected chi connectivity index (χ2v) is 3.92. The van der Waals surface area contributed by atoms with Gasteiger partial charge in [-0.25, -0.2) is 0 Å². The first kappa shape index (κ1) is 12.5. The Balaban J connectivity index is 1.94. The van der Waals surface area contributed by atoms with E-state index in [4.69, 9.17) is 9.47 Å². The van der Waals surface area contributed by atoms with Gasteiger partial charge in [0.25, 0.3) is 0 Å². The maximum Gasteiger partial charge on any atom is 0.158 e. The van der Waals surface area contributed by atoms with Crippen molar-refractivity contribution in [3.8, 4) is 11.8 Å². The molecule has 1 saturated heterocycles. The Bertz CT molecular complexity index is 196. The highest BCUT2D eigenvalue weighted by Crippen LogP contribution is 2.12. The van der Waals surface area contributed by atoms with E-state index in [1.54, 1.807) is 0 Å². The Kier molecular flexibility index (Phi) is 7.33. The van der Waals surface area contributed by atoms with Crippen molar-refractivity contribution >= 4 is 0 Å². The van der Waals surface area contributed by atoms with Gasteiger partial charge in [0.05, 0.1) is 0 Å². The van der Waals surface area contributed by atoms with Gasteiger partial charge in [0.1, 0.15) is 6.61 Å². The van der Waals surface area contributed by atoms with E-state index in [1.165, 1.54) is 32.1 Å². The summed E-state index contributed by atoms with van der Waals surface area (Å²) in [5.74, 6) is 6.17. The highest BCUT2D eigenvalue weighted by molar-refractivity contribution is 4.98. The van der Waals surface area contributed by atoms with Crippen LogP contribution in [0, 0.1) is 11.8 Å². The predicted octanol–water partition coefficient (Wildman–Crippen LogP) is 3.11. The van der Waals surface area contributed by atoms with Crippen molar-refractivity contribution in [1.29, 1.82) is 0 Å². The maximum absolute atomic E-state index is 5.49. The fraction of sp³-hybridized carbons (Fsp3) is 0.846. The number of unbranched alkanes of at least 4 members (excludes halogenated alkanes) is 3. The molecule has 1 unspecified atom stereocenters. The van der Waals surface area contributed by atoms with Crippen LogP contribution in [-0.2, 0) is 9.47 Å². The molecule has 1 rings (SSSR count). The van der Waals surface area contributed by atoms with Gasteiger partial charge >= 0.3 is 0 Å². The normalized spacial score (nSPS) is 20.7. The summed E-state index contributed by atoms with van der Waals surface area (Å²) in [4.78, 5) is 0. The molecule has 0 aromatic carbocycles. The Hall–Kier alpha value is -0.520. The van der Waals surface area contributed by atoms with Crippen molar-refractivity contribution in [2.24, 2.45) is 0 Å². The molecule has 2 heteroatoms. The van der Waals surface area contributed by atoms with Crippen LogP contribution in [0.15, 0.2) is 0 Å². The molecule has 0 N–H and O–H groups in total. The molecular weight excluding hydrogens is 188 g/mol. The van der Waals surface area contributed by atoms with Crippen molar-refractivity contribution in [3.63, 3.8) is 0 Å². The quantitative estimate of drug-likeness (QED) is 0.513. The second kappa shape index (κ2) is 8.76. The van der Waals surface area contributed by atoms with Crippen LogP contribution in [0.2, 0.25) is 0 Å². The van der Waals surface area contributed by atoms with E-state index in [2.05, 4.69) is 18.8 Å². The van der Waals surface area contributed by atoms with Crippen LogP contribution in [0.3, 0.4) is 0 Å². The average molecular weight is 210 g/mol. The predicted molar refractivity (Wildman–Crippen MR) is 61.5 cm³/mol. The maximum atomic E-state index is 5.49. The third kappa shape index (κ3) is 6.54. The summed E-state index contributed by atoms with van der Waals surface area (Å²) in [5.41, 5.74) is 0. The molecule has 1 fully saturated rings. The molecular formula is C13H22O2. The lowest BCUT2D eigenvalue weighted by molar-refractivity contribution is -0.154. The minimum Gasteiger partial charge on any atom is -0.353 e. The van der Waals surface area contributed by atoms with Gasteiger partial charge in [-0.05, 0) is 25.7 Å². The number of ether oxygens (including phenoxy) is 2. The van der Waals surface area contributed by atoms with E-state index in [-0.39, 0.29) is 6.29 Å². The zero-order chi connectivity index (χ0) is 10.8. The lowest BCUT2D eigenvalue weighted by atomic mass is 10.2. The Morgan fingerprint density at radius 2 is 2.20 bits per heavy atom. The largest absolute Gasteiger partial charge is 0.353 e. The lowest BCUT2D eigenvalue weighted by Crippen LogP contribution is -2.22. The summed E-state index contributed by atoms with van der Waals surface area (Å²) in [7, 11) is 0. The van der Waals surface area contributed by atoms with Crippen molar-refractivity contribution in [2.75, 3.05) is 13.2 Å². The van der Waals surface area contributed by atoms with Crippen LogP contribution in [0.4, 0.5) is 0 Å². The summed E-state index contributed by atoms with van der Waals surface area (Å²) in [6.07, 6.45) is 8.17. The minimum absolute atomic E-state index is 0.00342. The molecule has 0 bridgehead atoms. The molecule has 0 amide bonds. The standard InChI is InChI=1S/C13H22O2/c1-2-3-4-5-6-8-11-14-13-10-7-9-12-15-13/h13H,2-5,7,9-12H2,1H3. The number of hydrogen-bond donors (Lipinski definition) is 0. The lowest BCUT2D eigenvalue weighted by Gasteiger charge is -2.21. The van der Waals surface area contributed by atoms with E-state index >= 15 is 0 Å². The van der Waals surface area contributed by atoms with Gasteiger partial charge in [-0.1, -0.05) is 25.7 Å². The summed E-state index contributed by atoms with van der Waals surface area (Å²) in [6, 6.07) is 0. The molecule has 15 heavy (non-hydrogen) atoms. The zero-order valence-electron chi connectivity index (χ0n) is 9.76. The first-order valence-corrected chi connectivity index (χ1v) is 6.12. The van der Waals surface area contributed by atoms with E-state index in [9.17, 15) is 0 Å². The van der Waals surface area contributed by atoms with E-state index in [1.807, 2.05) is 0 Å². The topological polar surface area (TPSA) is 18.5 Å². The third-order valence-corrected chi connectivity index (χ3v) is 2.51. The molecule has 0 spiro atoms. The molecule has 2 nitrogen and oxygen atoms in total. The third-order valence-electron chi connectivity index (χ3n) is 2.51. The zero-order valence-corrected chi connectivity index (χ0v) is 9.76. The highest BCUT2D eigenvalue weighted by Gasteiger charge is 2.12. The van der Waals surface area contributed by atoms with Crippen LogP contribution < -0.4 is 0 Å². The molecule has 0 aromatic heterocycles. The highest BCUT2D eigenvalue weighted by atomic mass is 16.7. The van der Waals surface area contributed by atoms with Crippen LogP contribution >= 0.6 is 0 Å². The summed E-state index contributed by atoms with van der Waals surface area (Å²) in [5, 5.41) is 0. The van der Waals surface area contributed by atoms with E-state index in [0.29, 0.717) is 6.61 Å². The molecule has 0 aliphatic carbocycles.